The molecule has 2 N–H and O–H groups in total. The second kappa shape index (κ2) is 5.32. The number of benzene rings is 1. The average molecular weight is 219 g/mol. The summed E-state index contributed by atoms with van der Waals surface area (Å²) in [7, 11) is -1.65. The molecule has 0 saturated carbocycles. The summed E-state index contributed by atoms with van der Waals surface area (Å²) < 4.78 is 0. The predicted molar refractivity (Wildman–Crippen MR) is 59.2 cm³/mol. The van der Waals surface area contributed by atoms with Crippen molar-refractivity contribution >= 4 is 18.9 Å². The van der Waals surface area contributed by atoms with Crippen molar-refractivity contribution in [3.8, 4) is 0 Å². The van der Waals surface area contributed by atoms with Crippen LogP contribution in [-0.2, 0) is 6.54 Å². The fraction of sp³-hybridized carbons (Fsp3) is 0.222. The monoisotopic (exact) mass is 219 g/mol. The SMILES string of the molecule is Cc1c(C=O)cc(B(O)O)cc1CN=[N+]=[N-]. The third-order valence-corrected chi connectivity index (χ3v) is 2.31. The van der Waals surface area contributed by atoms with Crippen LogP contribution >= 0.6 is 0 Å². The highest BCUT2D eigenvalue weighted by atomic mass is 16.4. The molecule has 0 saturated heterocycles. The molecule has 16 heavy (non-hydrogen) atoms. The Labute approximate surface area is 92.3 Å². The van der Waals surface area contributed by atoms with Gasteiger partial charge >= 0.3 is 7.12 Å². The van der Waals surface area contributed by atoms with E-state index in [9.17, 15) is 4.79 Å². The number of rotatable bonds is 4. The molecule has 1 aromatic carbocycles. The Morgan fingerprint density at radius 1 is 1.56 bits per heavy atom. The van der Waals surface area contributed by atoms with Gasteiger partial charge in [-0.25, -0.2) is 0 Å². The minimum atomic E-state index is -1.65. The van der Waals surface area contributed by atoms with Crippen LogP contribution in [0.5, 0.6) is 0 Å². The third kappa shape index (κ3) is 2.61. The zero-order valence-electron chi connectivity index (χ0n) is 8.66. The second-order valence-electron chi connectivity index (χ2n) is 3.27. The summed E-state index contributed by atoms with van der Waals surface area (Å²) in [6.45, 7) is 1.78. The molecule has 0 unspecified atom stereocenters. The van der Waals surface area contributed by atoms with E-state index in [1.54, 1.807) is 6.92 Å². The van der Waals surface area contributed by atoms with Crippen LogP contribution in [0.4, 0.5) is 0 Å². The van der Waals surface area contributed by atoms with Crippen molar-refractivity contribution in [3.63, 3.8) is 0 Å². The van der Waals surface area contributed by atoms with Gasteiger partial charge in [0.15, 0.2) is 0 Å². The molecule has 7 heteroatoms. The van der Waals surface area contributed by atoms with Crippen molar-refractivity contribution in [2.24, 2.45) is 5.11 Å². The lowest BCUT2D eigenvalue weighted by Crippen LogP contribution is -2.31. The van der Waals surface area contributed by atoms with E-state index in [-0.39, 0.29) is 12.0 Å². The second-order valence-corrected chi connectivity index (χ2v) is 3.27. The maximum Gasteiger partial charge on any atom is 0.488 e. The van der Waals surface area contributed by atoms with Crippen LogP contribution < -0.4 is 5.46 Å². The van der Waals surface area contributed by atoms with Gasteiger partial charge in [-0.15, -0.1) is 0 Å². The molecule has 1 rings (SSSR count). The Bertz CT molecular complexity index is 456. The summed E-state index contributed by atoms with van der Waals surface area (Å²) in [5.41, 5.74) is 10.0. The van der Waals surface area contributed by atoms with Gasteiger partial charge in [0.2, 0.25) is 0 Å². The van der Waals surface area contributed by atoms with E-state index in [0.29, 0.717) is 23.0 Å². The van der Waals surface area contributed by atoms with Crippen LogP contribution in [0.3, 0.4) is 0 Å². The smallest absolute Gasteiger partial charge is 0.423 e. The summed E-state index contributed by atoms with van der Waals surface area (Å²) in [6.07, 6.45) is 0.626. The number of hydrogen-bond donors (Lipinski definition) is 2. The van der Waals surface area contributed by atoms with Crippen LogP contribution in [0, 0.1) is 6.92 Å². The summed E-state index contributed by atoms with van der Waals surface area (Å²) in [5, 5.41) is 21.4. The Balaban J connectivity index is 3.28. The standard InChI is InChI=1S/C9H10BN3O3/c1-6-7(4-12-13-11)2-9(10(15)16)3-8(6)5-14/h2-3,5,15-16H,4H2,1H3. The molecule has 0 bridgehead atoms. The zero-order valence-corrected chi connectivity index (χ0v) is 8.66. The maximum atomic E-state index is 10.8. The van der Waals surface area contributed by atoms with Crippen LogP contribution in [0.25, 0.3) is 10.4 Å². The van der Waals surface area contributed by atoms with E-state index in [4.69, 9.17) is 15.6 Å². The molecule has 0 spiro atoms. The summed E-state index contributed by atoms with van der Waals surface area (Å²) in [4.78, 5) is 13.4. The first-order valence-corrected chi connectivity index (χ1v) is 4.55. The molecule has 0 aromatic heterocycles. The molecule has 0 aliphatic rings. The van der Waals surface area contributed by atoms with E-state index in [0.717, 1.165) is 0 Å². The molecule has 82 valence electrons. The lowest BCUT2D eigenvalue weighted by molar-refractivity contribution is 0.112. The molecule has 0 fully saturated rings. The highest BCUT2D eigenvalue weighted by Crippen LogP contribution is 2.12. The van der Waals surface area contributed by atoms with Gasteiger partial charge in [-0.1, -0.05) is 17.2 Å². The average Bonchev–Trinajstić information content (AvgIpc) is 2.27. The highest BCUT2D eigenvalue weighted by molar-refractivity contribution is 6.58. The molecular formula is C9H10BN3O3. The number of azide groups is 1. The van der Waals surface area contributed by atoms with Crippen LogP contribution in [0.1, 0.15) is 21.5 Å². The van der Waals surface area contributed by atoms with Crippen molar-refractivity contribution in [3.05, 3.63) is 39.3 Å². The largest absolute Gasteiger partial charge is 0.488 e. The van der Waals surface area contributed by atoms with E-state index in [2.05, 4.69) is 10.0 Å². The molecular weight excluding hydrogens is 209 g/mol. The van der Waals surface area contributed by atoms with Gasteiger partial charge in [0, 0.05) is 10.5 Å². The highest BCUT2D eigenvalue weighted by Gasteiger charge is 2.15. The van der Waals surface area contributed by atoms with Crippen molar-refractivity contribution < 1.29 is 14.8 Å². The molecule has 6 nitrogen and oxygen atoms in total. The van der Waals surface area contributed by atoms with Gasteiger partial charge in [0.05, 0.1) is 6.54 Å². The molecule has 0 aliphatic heterocycles. The molecule has 0 radical (unpaired) electrons. The maximum absolute atomic E-state index is 10.8. The number of aldehydes is 1. The van der Waals surface area contributed by atoms with Gasteiger partial charge in [-0.05, 0) is 29.0 Å². The van der Waals surface area contributed by atoms with E-state index >= 15 is 0 Å². The Morgan fingerprint density at radius 2 is 2.25 bits per heavy atom. The summed E-state index contributed by atoms with van der Waals surface area (Å²) in [5.74, 6) is 0. The van der Waals surface area contributed by atoms with Gasteiger partial charge in [-0.3, -0.25) is 4.79 Å². The quantitative estimate of drug-likeness (QED) is 0.250. The molecule has 1 aromatic rings. The summed E-state index contributed by atoms with van der Waals surface area (Å²) in [6, 6.07) is 2.90. The minimum Gasteiger partial charge on any atom is -0.423 e. The van der Waals surface area contributed by atoms with Crippen molar-refractivity contribution in [2.75, 3.05) is 0 Å². The lowest BCUT2D eigenvalue weighted by Gasteiger charge is -2.09. The number of hydrogen-bond acceptors (Lipinski definition) is 4. The summed E-state index contributed by atoms with van der Waals surface area (Å²) >= 11 is 0. The van der Waals surface area contributed by atoms with Gasteiger partial charge in [-0.2, -0.15) is 0 Å². The number of nitrogens with zero attached hydrogens (tertiary/aromatic N) is 3. The fourth-order valence-electron chi connectivity index (χ4n) is 1.37. The van der Waals surface area contributed by atoms with E-state index in [1.165, 1.54) is 12.1 Å². The molecule has 0 amide bonds. The van der Waals surface area contributed by atoms with Gasteiger partial charge < -0.3 is 10.0 Å². The molecule has 0 heterocycles. The first-order chi connectivity index (χ1) is 7.60. The third-order valence-electron chi connectivity index (χ3n) is 2.31. The Hall–Kier alpha value is -1.82. The lowest BCUT2D eigenvalue weighted by atomic mass is 9.77. The number of carbonyl (C=O) groups excluding carboxylic acids is 1. The van der Waals surface area contributed by atoms with Crippen molar-refractivity contribution in [2.45, 2.75) is 13.5 Å². The molecule has 0 atom stereocenters. The topological polar surface area (TPSA) is 106 Å². The van der Waals surface area contributed by atoms with Crippen molar-refractivity contribution in [1.82, 2.24) is 0 Å². The Kier molecular flexibility index (Phi) is 4.07. The fourth-order valence-corrected chi connectivity index (χ4v) is 1.37. The zero-order chi connectivity index (χ0) is 12.1. The first kappa shape index (κ1) is 12.3. The van der Waals surface area contributed by atoms with E-state index < -0.39 is 7.12 Å². The van der Waals surface area contributed by atoms with Crippen LogP contribution in [0.15, 0.2) is 17.2 Å². The van der Waals surface area contributed by atoms with Gasteiger partial charge in [0.1, 0.15) is 6.29 Å². The first-order valence-electron chi connectivity index (χ1n) is 4.55. The van der Waals surface area contributed by atoms with E-state index in [1.807, 2.05) is 0 Å². The van der Waals surface area contributed by atoms with Gasteiger partial charge in [0.25, 0.3) is 0 Å². The number of carbonyl (C=O) groups is 1. The minimum absolute atomic E-state index is 0.0731. The molecule has 0 aliphatic carbocycles. The van der Waals surface area contributed by atoms with Crippen LogP contribution in [-0.4, -0.2) is 23.5 Å². The predicted octanol–water partition coefficient (Wildman–Crippen LogP) is 0.298. The Morgan fingerprint density at radius 3 is 2.75 bits per heavy atom. The van der Waals surface area contributed by atoms with Crippen LogP contribution in [0.2, 0.25) is 0 Å². The normalized spacial score (nSPS) is 9.44. The van der Waals surface area contributed by atoms with Crippen molar-refractivity contribution in [1.29, 1.82) is 0 Å².